The number of halogens is 1. The molecular formula is C40H48FN3O5. The van der Waals surface area contributed by atoms with Crippen LogP contribution < -0.4 is 9.64 Å². The van der Waals surface area contributed by atoms with E-state index >= 15 is 0 Å². The van der Waals surface area contributed by atoms with Crippen molar-refractivity contribution in [3.8, 4) is 28.1 Å². The van der Waals surface area contributed by atoms with E-state index < -0.39 is 17.7 Å². The number of hydrogen-bond donors (Lipinski definition) is 1. The number of aryl methyl sites for hydroxylation is 1. The van der Waals surface area contributed by atoms with Gasteiger partial charge in [0, 0.05) is 48.5 Å². The van der Waals surface area contributed by atoms with Crippen LogP contribution in [0.2, 0.25) is 0 Å². The summed E-state index contributed by atoms with van der Waals surface area (Å²) in [6, 6.07) is 14.5. The van der Waals surface area contributed by atoms with Crippen molar-refractivity contribution in [3.63, 3.8) is 0 Å². The molecule has 1 unspecified atom stereocenters. The lowest BCUT2D eigenvalue weighted by molar-refractivity contribution is -0.160. The minimum Gasteiger partial charge on any atom is -0.490 e. The van der Waals surface area contributed by atoms with Gasteiger partial charge in [-0.15, -0.1) is 13.2 Å². The number of aromatic nitrogens is 2. The molecule has 0 spiro atoms. The molecule has 0 radical (unpaired) electrons. The zero-order chi connectivity index (χ0) is 35.5. The first-order valence-electron chi connectivity index (χ1n) is 16.8. The van der Waals surface area contributed by atoms with Gasteiger partial charge in [0.2, 0.25) is 0 Å². The Labute approximate surface area is 288 Å². The number of fused-ring (bicyclic) bond motifs is 1. The third kappa shape index (κ3) is 8.23. The van der Waals surface area contributed by atoms with E-state index in [1.807, 2.05) is 75.7 Å². The predicted octanol–water partition coefficient (Wildman–Crippen LogP) is 8.96. The van der Waals surface area contributed by atoms with Crippen LogP contribution in [0, 0.1) is 12.7 Å². The van der Waals surface area contributed by atoms with Crippen LogP contribution in [0.15, 0.2) is 80.0 Å². The highest BCUT2D eigenvalue weighted by atomic mass is 19.1. The quantitative estimate of drug-likeness (QED) is 0.142. The maximum atomic E-state index is 14.3. The molecule has 2 aromatic heterocycles. The molecule has 0 amide bonds. The fourth-order valence-electron chi connectivity index (χ4n) is 6.42. The number of benzene rings is 2. The molecule has 4 aromatic rings. The Kier molecular flexibility index (Phi) is 10.6. The fraction of sp³-hybridized carbons (Fsp3) is 0.400. The molecule has 5 rings (SSSR count). The Hall–Kier alpha value is -4.47. The Morgan fingerprint density at radius 3 is 2.47 bits per heavy atom. The minimum atomic E-state index is -1.19. The Bertz CT molecular complexity index is 1830. The summed E-state index contributed by atoms with van der Waals surface area (Å²) >= 11 is 0. The molecule has 0 bridgehead atoms. The summed E-state index contributed by atoms with van der Waals surface area (Å²) in [5, 5.41) is 15.5. The first-order valence-corrected chi connectivity index (χ1v) is 16.8. The molecule has 1 N–H and O–H groups in total. The number of piperidine rings is 1. The number of pyridine rings is 1. The molecule has 1 saturated heterocycles. The van der Waals surface area contributed by atoms with Crippen molar-refractivity contribution in [1.82, 2.24) is 9.61 Å². The zero-order valence-electron chi connectivity index (χ0n) is 29.5. The first-order chi connectivity index (χ1) is 23.2. The second-order valence-corrected chi connectivity index (χ2v) is 14.1. The summed E-state index contributed by atoms with van der Waals surface area (Å²) in [7, 11) is 0. The third-order valence-corrected chi connectivity index (χ3v) is 8.86. The monoisotopic (exact) mass is 669 g/mol. The van der Waals surface area contributed by atoms with E-state index in [0.29, 0.717) is 43.1 Å². The molecule has 0 aliphatic carbocycles. The van der Waals surface area contributed by atoms with Crippen LogP contribution in [0.25, 0.3) is 27.9 Å². The van der Waals surface area contributed by atoms with Crippen LogP contribution in [0.3, 0.4) is 0 Å². The minimum absolute atomic E-state index is 0.173. The number of carboxylic acids is 1. The number of carbonyl (C=O) groups is 1. The van der Waals surface area contributed by atoms with Crippen molar-refractivity contribution < 1.29 is 28.5 Å². The number of nitrogens with zero attached hydrogens (tertiary/aromatic N) is 3. The van der Waals surface area contributed by atoms with E-state index in [-0.39, 0.29) is 17.5 Å². The van der Waals surface area contributed by atoms with Gasteiger partial charge in [0.1, 0.15) is 11.6 Å². The molecule has 3 heterocycles. The van der Waals surface area contributed by atoms with Crippen molar-refractivity contribution in [2.75, 3.05) is 24.6 Å². The van der Waals surface area contributed by atoms with Crippen LogP contribution in [0.1, 0.15) is 71.1 Å². The van der Waals surface area contributed by atoms with E-state index in [9.17, 15) is 14.3 Å². The second-order valence-electron chi connectivity index (χ2n) is 14.1. The lowest BCUT2D eigenvalue weighted by atomic mass is 9.91. The number of carboxylic acid groups (broad SMARTS) is 1. The predicted molar refractivity (Wildman–Crippen MR) is 193 cm³/mol. The van der Waals surface area contributed by atoms with E-state index in [0.717, 1.165) is 46.3 Å². The fourth-order valence-corrected chi connectivity index (χ4v) is 6.42. The Morgan fingerprint density at radius 2 is 1.82 bits per heavy atom. The molecule has 1 aliphatic heterocycles. The molecule has 2 atom stereocenters. The average molecular weight is 670 g/mol. The van der Waals surface area contributed by atoms with Gasteiger partial charge in [-0.05, 0) is 89.8 Å². The highest BCUT2D eigenvalue weighted by Crippen LogP contribution is 2.42. The van der Waals surface area contributed by atoms with Gasteiger partial charge in [0.25, 0.3) is 0 Å². The smallest absolute Gasteiger partial charge is 0.337 e. The number of hydrogen-bond acceptors (Lipinski definition) is 6. The van der Waals surface area contributed by atoms with Crippen molar-refractivity contribution in [3.05, 3.63) is 97.0 Å². The van der Waals surface area contributed by atoms with Gasteiger partial charge in [-0.3, -0.25) is 0 Å². The zero-order valence-corrected chi connectivity index (χ0v) is 29.5. The van der Waals surface area contributed by atoms with Crippen LogP contribution in [0.5, 0.6) is 5.75 Å². The standard InChI is InChI=1S/C40H48FN3O5/c1-9-12-27(4)48-34-23-30(41)15-16-31(34)28-13-11-14-29(22-28)32-24-33-36(43-19-17-40(8,18-20-43)47-21-10-2)35(26(3)25-44(33)42-32)37(38(45)46)49-39(5,6)7/h9-11,13-16,22-25,27,37H,1-2,12,17-21H2,3-8H3,(H,45,46)/t27-,37?/m0/s1. The average Bonchev–Trinajstić information content (AvgIpc) is 3.46. The van der Waals surface area contributed by atoms with Crippen molar-refractivity contribution in [1.29, 1.82) is 0 Å². The number of rotatable bonds is 13. The summed E-state index contributed by atoms with van der Waals surface area (Å²) in [6.07, 6.45) is 6.20. The van der Waals surface area contributed by atoms with Crippen LogP contribution in [-0.4, -0.2) is 57.7 Å². The summed E-state index contributed by atoms with van der Waals surface area (Å²) < 4.78 is 34.7. The van der Waals surface area contributed by atoms with Gasteiger partial charge >= 0.3 is 5.97 Å². The van der Waals surface area contributed by atoms with Crippen LogP contribution >= 0.6 is 0 Å². The maximum absolute atomic E-state index is 14.3. The maximum Gasteiger partial charge on any atom is 0.337 e. The molecule has 1 aliphatic rings. The largest absolute Gasteiger partial charge is 0.490 e. The summed E-state index contributed by atoms with van der Waals surface area (Å²) in [5.41, 5.74) is 5.13. The molecule has 260 valence electrons. The van der Waals surface area contributed by atoms with E-state index in [1.54, 1.807) is 18.2 Å². The molecule has 8 nitrogen and oxygen atoms in total. The SMILES string of the molecule is C=CCOC1(C)CCN(c2c(C(OC(C)(C)C)C(=O)O)c(C)cn3nc(-c4cccc(-c5ccc(F)cc5O[C@@H](C)CC=C)c4)cc23)CC1. The van der Waals surface area contributed by atoms with Gasteiger partial charge in [0.05, 0.1) is 40.8 Å². The van der Waals surface area contributed by atoms with E-state index in [1.165, 1.54) is 12.1 Å². The molecule has 0 saturated carbocycles. The molecule has 2 aromatic carbocycles. The van der Waals surface area contributed by atoms with Crippen molar-refractivity contribution in [2.24, 2.45) is 0 Å². The molecular weight excluding hydrogens is 621 g/mol. The summed E-state index contributed by atoms with van der Waals surface area (Å²) in [6.45, 7) is 20.9. The normalized spacial score (nSPS) is 15.9. The van der Waals surface area contributed by atoms with Gasteiger partial charge in [0.15, 0.2) is 6.10 Å². The van der Waals surface area contributed by atoms with Gasteiger partial charge in [-0.25, -0.2) is 13.7 Å². The lowest BCUT2D eigenvalue weighted by Crippen LogP contribution is -2.45. The van der Waals surface area contributed by atoms with Gasteiger partial charge < -0.3 is 24.2 Å². The van der Waals surface area contributed by atoms with Crippen molar-refractivity contribution >= 4 is 17.2 Å². The number of ether oxygens (including phenoxy) is 3. The summed E-state index contributed by atoms with van der Waals surface area (Å²) in [5.74, 6) is -0.969. The number of anilines is 1. The molecule has 1 fully saturated rings. The third-order valence-electron chi connectivity index (χ3n) is 8.86. The Balaban J connectivity index is 1.62. The van der Waals surface area contributed by atoms with E-state index in [4.69, 9.17) is 19.3 Å². The first kappa shape index (κ1) is 35.8. The molecule has 9 heteroatoms. The Morgan fingerprint density at radius 1 is 1.10 bits per heavy atom. The van der Waals surface area contributed by atoms with Gasteiger partial charge in [-0.2, -0.15) is 5.10 Å². The van der Waals surface area contributed by atoms with Gasteiger partial charge in [-0.1, -0.05) is 30.4 Å². The topological polar surface area (TPSA) is 85.5 Å². The second kappa shape index (κ2) is 14.6. The van der Waals surface area contributed by atoms with Crippen LogP contribution in [0.4, 0.5) is 10.1 Å². The summed E-state index contributed by atoms with van der Waals surface area (Å²) in [4.78, 5) is 15.1. The highest BCUT2D eigenvalue weighted by molar-refractivity contribution is 5.87. The molecule has 49 heavy (non-hydrogen) atoms. The lowest BCUT2D eigenvalue weighted by Gasteiger charge is -2.41. The highest BCUT2D eigenvalue weighted by Gasteiger charge is 2.37. The van der Waals surface area contributed by atoms with E-state index in [2.05, 4.69) is 25.0 Å². The van der Waals surface area contributed by atoms with Crippen LogP contribution in [-0.2, 0) is 14.3 Å². The number of aliphatic carboxylic acids is 1. The van der Waals surface area contributed by atoms with Crippen molar-refractivity contribution in [2.45, 2.75) is 84.2 Å².